The molecular formula is C23H25N3O. The minimum atomic E-state index is -0.0855. The van der Waals surface area contributed by atoms with Crippen molar-refractivity contribution >= 4 is 11.9 Å². The number of aryl methyl sites for hydroxylation is 1. The molecule has 0 aliphatic heterocycles. The molecule has 0 fully saturated rings. The maximum atomic E-state index is 13.1. The van der Waals surface area contributed by atoms with Crippen LogP contribution in [0.1, 0.15) is 50.2 Å². The van der Waals surface area contributed by atoms with Crippen molar-refractivity contribution in [2.45, 2.75) is 34.1 Å². The van der Waals surface area contributed by atoms with Gasteiger partial charge >= 0.3 is 0 Å². The van der Waals surface area contributed by atoms with Gasteiger partial charge in [-0.05, 0) is 39.8 Å². The second-order valence-corrected chi connectivity index (χ2v) is 6.46. The molecule has 0 amide bonds. The van der Waals surface area contributed by atoms with Gasteiger partial charge in [0.25, 0.3) is 0 Å². The summed E-state index contributed by atoms with van der Waals surface area (Å²) in [5.74, 6) is 6.12. The highest BCUT2D eigenvalue weighted by Gasteiger charge is 2.16. The fraction of sp³-hybridized carbons (Fsp3) is 0.261. The maximum Gasteiger partial charge on any atom is 0.191 e. The molecule has 0 N–H and O–H groups in total. The molecule has 0 atom stereocenters. The van der Waals surface area contributed by atoms with Gasteiger partial charge < -0.3 is 0 Å². The summed E-state index contributed by atoms with van der Waals surface area (Å²) in [7, 11) is 1.85. The van der Waals surface area contributed by atoms with Gasteiger partial charge in [-0.3, -0.25) is 14.5 Å². The Balaban J connectivity index is 2.41. The molecule has 0 bridgehead atoms. The smallest absolute Gasteiger partial charge is 0.191 e. The molecule has 2 rings (SSSR count). The molecule has 4 nitrogen and oxygen atoms in total. The summed E-state index contributed by atoms with van der Waals surface area (Å²) in [5.41, 5.74) is 5.44. The SMILES string of the molecule is C=Cc1ncc(-c2cnn(C)c2)cc1C(=O)/C(C)=C(\C)C#CC/C(C)=C\C. The second-order valence-electron chi connectivity index (χ2n) is 6.46. The molecule has 27 heavy (non-hydrogen) atoms. The highest BCUT2D eigenvalue weighted by atomic mass is 16.1. The standard InChI is InChI=1S/C23H25N3O/c1-7-16(3)10-9-11-17(4)18(5)23(27)21-12-19(13-24-22(21)8-2)20-14-25-26(6)15-20/h7-8,12-15H,2,10H2,1,3-6H3/b16-7-,18-17+. The number of hydrogen-bond acceptors (Lipinski definition) is 3. The molecule has 0 unspecified atom stereocenters. The third-order valence-electron chi connectivity index (χ3n) is 4.43. The molecule has 0 aromatic carbocycles. The number of pyridine rings is 1. The minimum absolute atomic E-state index is 0.0855. The number of rotatable bonds is 5. The van der Waals surface area contributed by atoms with E-state index in [4.69, 9.17) is 0 Å². The van der Waals surface area contributed by atoms with Crippen molar-refractivity contribution in [3.8, 4) is 23.0 Å². The minimum Gasteiger partial charge on any atom is -0.289 e. The van der Waals surface area contributed by atoms with E-state index in [-0.39, 0.29) is 5.78 Å². The van der Waals surface area contributed by atoms with Crippen molar-refractivity contribution in [2.75, 3.05) is 0 Å². The average Bonchev–Trinajstić information content (AvgIpc) is 3.12. The van der Waals surface area contributed by atoms with E-state index in [1.165, 1.54) is 5.57 Å². The summed E-state index contributed by atoms with van der Waals surface area (Å²) >= 11 is 0. The Labute approximate surface area is 161 Å². The summed E-state index contributed by atoms with van der Waals surface area (Å²) in [6, 6.07) is 1.84. The van der Waals surface area contributed by atoms with Gasteiger partial charge in [0.15, 0.2) is 5.78 Å². The number of aromatic nitrogens is 3. The predicted molar refractivity (Wildman–Crippen MR) is 111 cm³/mol. The number of ketones is 1. The van der Waals surface area contributed by atoms with Crippen LogP contribution in [-0.2, 0) is 7.05 Å². The normalized spacial score (nSPS) is 12.1. The van der Waals surface area contributed by atoms with E-state index in [1.807, 2.05) is 46.2 Å². The number of allylic oxidation sites excluding steroid dienone is 4. The lowest BCUT2D eigenvalue weighted by molar-refractivity contribution is 0.103. The first kappa shape index (κ1) is 20.1. The lowest BCUT2D eigenvalue weighted by atomic mass is 9.97. The van der Waals surface area contributed by atoms with E-state index in [1.54, 1.807) is 30.1 Å². The molecule has 0 aliphatic carbocycles. The zero-order valence-electron chi connectivity index (χ0n) is 16.6. The number of carbonyl (C=O) groups excluding carboxylic acids is 1. The van der Waals surface area contributed by atoms with Gasteiger partial charge in [-0.1, -0.05) is 30.1 Å². The van der Waals surface area contributed by atoms with Crippen LogP contribution in [0.25, 0.3) is 17.2 Å². The highest BCUT2D eigenvalue weighted by Crippen LogP contribution is 2.23. The first-order chi connectivity index (χ1) is 12.9. The fourth-order valence-electron chi connectivity index (χ4n) is 2.43. The van der Waals surface area contributed by atoms with Crippen molar-refractivity contribution in [2.24, 2.45) is 7.05 Å². The van der Waals surface area contributed by atoms with Gasteiger partial charge in [0.05, 0.1) is 11.9 Å². The molecule has 138 valence electrons. The van der Waals surface area contributed by atoms with Crippen LogP contribution in [0.2, 0.25) is 0 Å². The van der Waals surface area contributed by atoms with Crippen LogP contribution in [-0.4, -0.2) is 20.5 Å². The Morgan fingerprint density at radius 3 is 2.59 bits per heavy atom. The van der Waals surface area contributed by atoms with Gasteiger partial charge in [-0.15, -0.1) is 0 Å². The van der Waals surface area contributed by atoms with Crippen molar-refractivity contribution in [1.29, 1.82) is 0 Å². The number of carbonyl (C=O) groups is 1. The first-order valence-electron chi connectivity index (χ1n) is 8.81. The first-order valence-corrected chi connectivity index (χ1v) is 8.81. The Morgan fingerprint density at radius 1 is 1.26 bits per heavy atom. The predicted octanol–water partition coefficient (Wildman–Crippen LogP) is 5.00. The van der Waals surface area contributed by atoms with Crippen LogP contribution in [0.3, 0.4) is 0 Å². The lowest BCUT2D eigenvalue weighted by Gasteiger charge is -2.08. The van der Waals surface area contributed by atoms with Crippen molar-refractivity contribution in [3.63, 3.8) is 0 Å². The Hall–Kier alpha value is -3.19. The van der Waals surface area contributed by atoms with Crippen LogP contribution in [0, 0.1) is 11.8 Å². The second kappa shape index (κ2) is 8.95. The molecule has 0 saturated heterocycles. The zero-order valence-corrected chi connectivity index (χ0v) is 16.6. The summed E-state index contributed by atoms with van der Waals surface area (Å²) in [5, 5.41) is 4.18. The van der Waals surface area contributed by atoms with E-state index in [9.17, 15) is 4.79 Å². The topological polar surface area (TPSA) is 47.8 Å². The van der Waals surface area contributed by atoms with Gasteiger partial charge in [0.2, 0.25) is 0 Å². The zero-order chi connectivity index (χ0) is 20.0. The van der Waals surface area contributed by atoms with E-state index >= 15 is 0 Å². The van der Waals surface area contributed by atoms with E-state index in [0.717, 1.165) is 16.7 Å². The van der Waals surface area contributed by atoms with Gasteiger partial charge in [0, 0.05) is 53.7 Å². The van der Waals surface area contributed by atoms with Crippen molar-refractivity contribution in [1.82, 2.24) is 14.8 Å². The van der Waals surface area contributed by atoms with Crippen LogP contribution in [0.5, 0.6) is 0 Å². The van der Waals surface area contributed by atoms with E-state index in [0.29, 0.717) is 23.3 Å². The molecule has 0 aliphatic rings. The quantitative estimate of drug-likeness (QED) is 0.326. The molecule has 0 radical (unpaired) electrons. The average molecular weight is 359 g/mol. The van der Waals surface area contributed by atoms with E-state index < -0.39 is 0 Å². The molecule has 0 saturated carbocycles. The van der Waals surface area contributed by atoms with Gasteiger partial charge in [-0.2, -0.15) is 5.10 Å². The third kappa shape index (κ3) is 4.92. The summed E-state index contributed by atoms with van der Waals surface area (Å²) in [6.07, 6.45) is 9.72. The third-order valence-corrected chi connectivity index (χ3v) is 4.43. The van der Waals surface area contributed by atoms with Gasteiger partial charge in [-0.25, -0.2) is 0 Å². The monoisotopic (exact) mass is 359 g/mol. The lowest BCUT2D eigenvalue weighted by Crippen LogP contribution is -2.06. The van der Waals surface area contributed by atoms with Crippen LogP contribution in [0.4, 0.5) is 0 Å². The van der Waals surface area contributed by atoms with Crippen LogP contribution < -0.4 is 0 Å². The van der Waals surface area contributed by atoms with Crippen LogP contribution >= 0.6 is 0 Å². The maximum absolute atomic E-state index is 13.1. The van der Waals surface area contributed by atoms with Crippen molar-refractivity contribution < 1.29 is 4.79 Å². The Bertz CT molecular complexity index is 994. The fourth-order valence-corrected chi connectivity index (χ4v) is 2.43. The summed E-state index contributed by atoms with van der Waals surface area (Å²) < 4.78 is 1.72. The Morgan fingerprint density at radius 2 is 2.00 bits per heavy atom. The molecule has 2 aromatic heterocycles. The van der Waals surface area contributed by atoms with Crippen molar-refractivity contribution in [3.05, 3.63) is 65.3 Å². The summed E-state index contributed by atoms with van der Waals surface area (Å²) in [4.78, 5) is 17.5. The number of hydrogen-bond donors (Lipinski definition) is 0. The molecule has 0 spiro atoms. The largest absolute Gasteiger partial charge is 0.289 e. The van der Waals surface area contributed by atoms with Crippen LogP contribution in [0.15, 0.2) is 54.0 Å². The Kier molecular flexibility index (Phi) is 6.67. The highest BCUT2D eigenvalue weighted by molar-refractivity contribution is 6.11. The molecule has 2 heterocycles. The molecule has 4 heteroatoms. The number of nitrogens with zero attached hydrogens (tertiary/aromatic N) is 3. The molecule has 2 aromatic rings. The van der Waals surface area contributed by atoms with E-state index in [2.05, 4.69) is 28.5 Å². The number of Topliss-reactive ketones (excluding diaryl/α,β-unsaturated/α-hetero) is 1. The van der Waals surface area contributed by atoms with Gasteiger partial charge in [0.1, 0.15) is 0 Å². The molecular weight excluding hydrogens is 334 g/mol. The summed E-state index contributed by atoms with van der Waals surface area (Å²) in [6.45, 7) is 11.5.